The van der Waals surface area contributed by atoms with Crippen molar-refractivity contribution < 1.29 is 31.5 Å². The SMILES string of the molecule is O=C(Nc1cc(F)c(Oc2ccnc3c2C(Cl)CN3)c(F)c1)C(F)(F)F. The molecule has 0 aliphatic carbocycles. The second-order valence-electron chi connectivity index (χ2n) is 5.24. The molecular weight excluding hydrogens is 385 g/mol. The number of nitrogens with one attached hydrogen (secondary N) is 2. The van der Waals surface area contributed by atoms with Gasteiger partial charge in [-0.25, -0.2) is 13.8 Å². The normalized spacial score (nSPS) is 16.0. The number of hydrogen-bond acceptors (Lipinski definition) is 4. The lowest BCUT2D eigenvalue weighted by Crippen LogP contribution is -2.30. The van der Waals surface area contributed by atoms with Crippen molar-refractivity contribution in [2.45, 2.75) is 11.6 Å². The van der Waals surface area contributed by atoms with Crippen molar-refractivity contribution in [2.75, 3.05) is 17.2 Å². The first-order valence-corrected chi connectivity index (χ1v) is 7.52. The number of aromatic nitrogens is 1. The zero-order valence-corrected chi connectivity index (χ0v) is 13.4. The van der Waals surface area contributed by atoms with Gasteiger partial charge in [0.2, 0.25) is 0 Å². The summed E-state index contributed by atoms with van der Waals surface area (Å²) < 4.78 is 70.1. The average Bonchev–Trinajstić information content (AvgIpc) is 2.92. The maximum Gasteiger partial charge on any atom is 0.471 e. The average molecular weight is 394 g/mol. The first-order valence-electron chi connectivity index (χ1n) is 7.08. The lowest BCUT2D eigenvalue weighted by atomic mass is 10.2. The Hall–Kier alpha value is -2.62. The van der Waals surface area contributed by atoms with Gasteiger partial charge >= 0.3 is 12.1 Å². The summed E-state index contributed by atoms with van der Waals surface area (Å²) in [5.74, 6) is -5.36. The van der Waals surface area contributed by atoms with Gasteiger partial charge in [-0.2, -0.15) is 13.2 Å². The molecule has 1 unspecified atom stereocenters. The number of rotatable bonds is 3. The smallest absolute Gasteiger partial charge is 0.451 e. The van der Waals surface area contributed by atoms with Gasteiger partial charge in [0, 0.05) is 30.6 Å². The Morgan fingerprint density at radius 1 is 1.31 bits per heavy atom. The van der Waals surface area contributed by atoms with Crippen LogP contribution in [0.1, 0.15) is 10.9 Å². The van der Waals surface area contributed by atoms with E-state index in [0.717, 1.165) is 0 Å². The lowest BCUT2D eigenvalue weighted by molar-refractivity contribution is -0.167. The van der Waals surface area contributed by atoms with Gasteiger partial charge in [-0.15, -0.1) is 11.6 Å². The lowest BCUT2D eigenvalue weighted by Gasteiger charge is -2.14. The van der Waals surface area contributed by atoms with E-state index in [1.807, 2.05) is 0 Å². The number of nitrogens with zero attached hydrogens (tertiary/aromatic N) is 1. The molecule has 1 aliphatic heterocycles. The number of anilines is 2. The van der Waals surface area contributed by atoms with Crippen LogP contribution >= 0.6 is 11.6 Å². The Labute approximate surface area is 148 Å². The van der Waals surface area contributed by atoms with E-state index in [4.69, 9.17) is 16.3 Å². The number of fused-ring (bicyclic) bond motifs is 1. The minimum Gasteiger partial charge on any atom is -0.451 e. The Morgan fingerprint density at radius 2 is 1.96 bits per heavy atom. The number of amides is 1. The fourth-order valence-corrected chi connectivity index (χ4v) is 2.61. The third kappa shape index (κ3) is 3.50. The molecule has 0 saturated heterocycles. The summed E-state index contributed by atoms with van der Waals surface area (Å²) in [4.78, 5) is 14.9. The second-order valence-corrected chi connectivity index (χ2v) is 5.77. The maximum atomic E-state index is 14.1. The monoisotopic (exact) mass is 393 g/mol. The van der Waals surface area contributed by atoms with E-state index < -0.39 is 40.5 Å². The van der Waals surface area contributed by atoms with Crippen molar-refractivity contribution in [3.8, 4) is 11.5 Å². The number of alkyl halides is 4. The molecule has 3 rings (SSSR count). The number of ether oxygens (including phenoxy) is 1. The Bertz CT molecular complexity index is 852. The van der Waals surface area contributed by atoms with E-state index in [2.05, 4.69) is 10.3 Å². The van der Waals surface area contributed by atoms with Gasteiger partial charge in [0.05, 0.1) is 10.9 Å². The van der Waals surface area contributed by atoms with Crippen LogP contribution in [0.15, 0.2) is 24.4 Å². The number of carbonyl (C=O) groups is 1. The largest absolute Gasteiger partial charge is 0.471 e. The fraction of sp³-hybridized carbons (Fsp3) is 0.200. The van der Waals surface area contributed by atoms with Crippen LogP contribution in [0.3, 0.4) is 0 Å². The van der Waals surface area contributed by atoms with Gasteiger partial charge in [-0.3, -0.25) is 4.79 Å². The van der Waals surface area contributed by atoms with Crippen molar-refractivity contribution in [2.24, 2.45) is 0 Å². The highest BCUT2D eigenvalue weighted by molar-refractivity contribution is 6.22. The molecule has 2 N–H and O–H groups in total. The van der Waals surface area contributed by atoms with E-state index >= 15 is 0 Å². The third-order valence-electron chi connectivity index (χ3n) is 3.44. The Kier molecular flexibility index (Phi) is 4.61. The van der Waals surface area contributed by atoms with Crippen LogP contribution < -0.4 is 15.4 Å². The molecule has 0 fully saturated rings. The van der Waals surface area contributed by atoms with Crippen LogP contribution in [-0.4, -0.2) is 23.6 Å². The van der Waals surface area contributed by atoms with Crippen molar-refractivity contribution >= 4 is 29.0 Å². The van der Waals surface area contributed by atoms with Gasteiger partial charge in [0.15, 0.2) is 17.4 Å². The summed E-state index contributed by atoms with van der Waals surface area (Å²) >= 11 is 6.09. The van der Waals surface area contributed by atoms with Crippen LogP contribution in [0.25, 0.3) is 0 Å². The molecule has 0 radical (unpaired) electrons. The molecule has 26 heavy (non-hydrogen) atoms. The summed E-state index contributed by atoms with van der Waals surface area (Å²) in [6, 6.07) is 2.37. The Morgan fingerprint density at radius 3 is 2.58 bits per heavy atom. The molecule has 1 aromatic carbocycles. The van der Waals surface area contributed by atoms with E-state index in [-0.39, 0.29) is 5.75 Å². The summed E-state index contributed by atoms with van der Waals surface area (Å²) in [5, 5.41) is 3.71. The molecule has 11 heteroatoms. The zero-order chi connectivity index (χ0) is 19.1. The Balaban J connectivity index is 1.89. The number of halogens is 6. The van der Waals surface area contributed by atoms with E-state index in [1.165, 1.54) is 17.6 Å². The highest BCUT2D eigenvalue weighted by Gasteiger charge is 2.39. The standard InChI is InChI=1S/C15H9ClF5N3O2/c16-7-5-23-13-11(7)10(1-2-22-13)26-12-8(17)3-6(4-9(12)18)24-14(25)15(19,20)21/h1-4,7H,5H2,(H,22,23)(H,24,25). The molecular formula is C15H9ClF5N3O2. The van der Waals surface area contributed by atoms with Gasteiger partial charge in [-0.05, 0) is 6.07 Å². The van der Waals surface area contributed by atoms with Crippen LogP contribution in [-0.2, 0) is 4.79 Å². The summed E-state index contributed by atoms with van der Waals surface area (Å²) in [6.07, 6.45) is -3.86. The molecule has 1 aromatic heterocycles. The highest BCUT2D eigenvalue weighted by Crippen LogP contribution is 2.42. The molecule has 1 atom stereocenters. The first kappa shape index (κ1) is 18.2. The number of carbonyl (C=O) groups excluding carboxylic acids is 1. The minimum absolute atomic E-state index is 0.0462. The summed E-state index contributed by atoms with van der Waals surface area (Å²) in [5.41, 5.74) is -0.297. The van der Waals surface area contributed by atoms with E-state index in [1.54, 1.807) is 0 Å². The molecule has 0 bridgehead atoms. The zero-order valence-electron chi connectivity index (χ0n) is 12.6. The molecule has 138 valence electrons. The quantitative estimate of drug-likeness (QED) is 0.601. The van der Waals surface area contributed by atoms with Crippen LogP contribution in [0.5, 0.6) is 11.5 Å². The van der Waals surface area contributed by atoms with Crippen molar-refractivity contribution in [3.05, 3.63) is 41.6 Å². The van der Waals surface area contributed by atoms with E-state index in [0.29, 0.717) is 30.1 Å². The van der Waals surface area contributed by atoms with Crippen LogP contribution in [0.2, 0.25) is 0 Å². The van der Waals surface area contributed by atoms with Crippen molar-refractivity contribution in [3.63, 3.8) is 0 Å². The highest BCUT2D eigenvalue weighted by atomic mass is 35.5. The third-order valence-corrected chi connectivity index (χ3v) is 3.81. The van der Waals surface area contributed by atoms with Crippen LogP contribution in [0.4, 0.5) is 33.5 Å². The number of pyridine rings is 1. The molecule has 0 spiro atoms. The molecule has 0 saturated carbocycles. The van der Waals surface area contributed by atoms with Crippen molar-refractivity contribution in [1.29, 1.82) is 0 Å². The van der Waals surface area contributed by atoms with E-state index in [9.17, 15) is 26.7 Å². The molecule has 1 amide bonds. The molecule has 5 nitrogen and oxygen atoms in total. The van der Waals surface area contributed by atoms with Gasteiger partial charge < -0.3 is 15.4 Å². The maximum absolute atomic E-state index is 14.1. The van der Waals surface area contributed by atoms with Crippen LogP contribution in [0, 0.1) is 11.6 Å². The van der Waals surface area contributed by atoms with Gasteiger partial charge in [0.1, 0.15) is 11.6 Å². The molecule has 2 heterocycles. The summed E-state index contributed by atoms with van der Waals surface area (Å²) in [7, 11) is 0. The second kappa shape index (κ2) is 6.60. The molecule has 1 aliphatic rings. The number of benzene rings is 1. The topological polar surface area (TPSA) is 63.2 Å². The van der Waals surface area contributed by atoms with Gasteiger partial charge in [-0.1, -0.05) is 0 Å². The first-order chi connectivity index (χ1) is 12.2. The predicted octanol–water partition coefficient (Wildman–Crippen LogP) is 4.36. The fourth-order valence-electron chi connectivity index (χ4n) is 2.32. The molecule has 2 aromatic rings. The minimum atomic E-state index is -5.19. The predicted molar refractivity (Wildman–Crippen MR) is 82.4 cm³/mol. The van der Waals surface area contributed by atoms with Crippen molar-refractivity contribution in [1.82, 2.24) is 4.98 Å². The summed E-state index contributed by atoms with van der Waals surface area (Å²) in [6.45, 7) is 0.345. The van der Waals surface area contributed by atoms with Gasteiger partial charge in [0.25, 0.3) is 0 Å². The number of hydrogen-bond donors (Lipinski definition) is 2.